The van der Waals surface area contributed by atoms with E-state index in [0.29, 0.717) is 0 Å². The molecule has 26 aromatic rings. The summed E-state index contributed by atoms with van der Waals surface area (Å²) in [5, 5.41) is 38.1. The van der Waals surface area contributed by atoms with Gasteiger partial charge in [-0.25, -0.2) is 0 Å². The van der Waals surface area contributed by atoms with Gasteiger partial charge in [0.05, 0.1) is 0 Å². The molecule has 0 radical (unpaired) electrons. The molecular weight excluding hydrogens is 1510 g/mol. The average molecular weight is 1590 g/mol. The van der Waals surface area contributed by atoms with Gasteiger partial charge in [0.2, 0.25) is 0 Å². The Balaban J connectivity index is 0.000000139. The third kappa shape index (κ3) is 12.1. The molecule has 26 rings (SSSR count). The topological polar surface area (TPSA) is 0 Å². The SMILES string of the molecule is c1cc(-c2ccc3c(-c4ccc5ccccc5c4)c4ccccc4c(-c4ccc5ccccc5c4)c3c2)cc(-c2cc3ccc4ccccc4c3c3ccccc23)c1.c1ccc(-c2ccc3c(-c4ccc(-c5cc6ccc7ccccc7c6c6ccccc56)cc4)c4ccccc4c(-c4ccc(-c5cc6ccc7ccccc7c6c6ccccc56)cc4)c3c2)cc1. The Morgan fingerprint density at radius 3 is 0.746 bits per heavy atom. The molecule has 0 N–H and O–H groups in total. The smallest absolute Gasteiger partial charge is 0.00259 e. The maximum Gasteiger partial charge on any atom is -0.00259 e. The van der Waals surface area contributed by atoms with Gasteiger partial charge in [-0.1, -0.05) is 425 Å². The summed E-state index contributed by atoms with van der Waals surface area (Å²) in [5.41, 5.74) is 22.1. The molecule has 0 heterocycles. The highest BCUT2D eigenvalue weighted by Gasteiger charge is 2.24. The summed E-state index contributed by atoms with van der Waals surface area (Å²) in [6, 6.07) is 176. The zero-order valence-corrected chi connectivity index (χ0v) is 69.0. The first-order valence-electron chi connectivity index (χ1n) is 43.8. The van der Waals surface area contributed by atoms with Crippen LogP contribution in [0, 0.1) is 0 Å². The minimum atomic E-state index is 1.20. The van der Waals surface area contributed by atoms with E-state index >= 15 is 0 Å². The molecule has 0 saturated heterocycles. The van der Waals surface area contributed by atoms with Gasteiger partial charge in [-0.3, -0.25) is 0 Å². The van der Waals surface area contributed by atoms with Crippen molar-refractivity contribution in [3.05, 3.63) is 473 Å². The molecule has 0 atom stereocenters. The van der Waals surface area contributed by atoms with Gasteiger partial charge in [0, 0.05) is 0 Å². The molecule has 0 fully saturated rings. The van der Waals surface area contributed by atoms with Crippen molar-refractivity contribution >= 4 is 162 Å². The molecule has 26 aromatic carbocycles. The Morgan fingerprint density at radius 2 is 0.333 bits per heavy atom. The van der Waals surface area contributed by atoms with Crippen LogP contribution >= 0.6 is 0 Å². The molecule has 0 aromatic heterocycles. The van der Waals surface area contributed by atoms with E-state index in [9.17, 15) is 0 Å². The van der Waals surface area contributed by atoms with Crippen LogP contribution in [0.4, 0.5) is 0 Å². The highest BCUT2D eigenvalue weighted by atomic mass is 14.3. The van der Waals surface area contributed by atoms with E-state index in [0.717, 1.165) is 0 Å². The standard InChI is InChI=1S/C68H42.C58H36/c1-2-14-43(15-3-1)50-38-39-61-64(40-50)66(49-34-28-47(29-35-49)63-42-52-37-31-45-17-5-7-19-54(45)68(52)58-23-11-9-21-56(58)63)60-25-13-12-24-59(60)65(61)48-32-26-46(27-33-48)62-41-51-36-30-44-16-4-6-18-53(44)67(51)57-22-10-8-20-55(57)62;1-3-15-40-33-45(27-24-37(40)12-1)57-51-22-9-10-23-52(51)58(46-28-25-38-13-2-4-16-41(38)34-46)55-35-43(30-31-53(55)57)42-17-11-18-44(32-42)54-36-47-29-26-39-14-5-6-19-48(39)56(47)50-21-8-7-20-49(50)54/h1-42H;1-36H. The second-order valence-corrected chi connectivity index (χ2v) is 33.9. The zero-order valence-electron chi connectivity index (χ0n) is 69.0. The van der Waals surface area contributed by atoms with E-state index in [4.69, 9.17) is 0 Å². The van der Waals surface area contributed by atoms with Crippen LogP contribution < -0.4 is 0 Å². The molecule has 0 aliphatic heterocycles. The Labute approximate surface area is 729 Å². The van der Waals surface area contributed by atoms with Gasteiger partial charge in [0.1, 0.15) is 0 Å². The lowest BCUT2D eigenvalue weighted by Gasteiger charge is -2.19. The third-order valence-corrected chi connectivity index (χ3v) is 27.0. The molecule has 0 nitrogen and oxygen atoms in total. The van der Waals surface area contributed by atoms with Crippen LogP contribution in [0.25, 0.3) is 262 Å². The van der Waals surface area contributed by atoms with Crippen molar-refractivity contribution in [1.29, 1.82) is 0 Å². The average Bonchev–Trinajstić information content (AvgIpc) is 0.742. The number of fused-ring (bicyclic) bond motifs is 21. The molecule has 0 bridgehead atoms. The van der Waals surface area contributed by atoms with E-state index in [2.05, 4.69) is 473 Å². The van der Waals surface area contributed by atoms with Crippen molar-refractivity contribution in [3.8, 4) is 100 Å². The maximum atomic E-state index is 2.45. The Kier molecular flexibility index (Phi) is 17.1. The summed E-state index contributed by atoms with van der Waals surface area (Å²) in [5.74, 6) is 0. The number of rotatable bonds is 9. The highest BCUT2D eigenvalue weighted by molar-refractivity contribution is 6.29. The number of hydrogen-bond acceptors (Lipinski definition) is 0. The van der Waals surface area contributed by atoms with E-state index in [1.807, 2.05) is 0 Å². The quantitative estimate of drug-likeness (QED) is 0.0998. The Hall–Kier alpha value is -16.4. The summed E-state index contributed by atoms with van der Waals surface area (Å²) < 4.78 is 0. The van der Waals surface area contributed by atoms with E-state index in [1.54, 1.807) is 0 Å². The predicted molar refractivity (Wildman–Crippen MR) is 544 cm³/mol. The van der Waals surface area contributed by atoms with Crippen molar-refractivity contribution in [3.63, 3.8) is 0 Å². The number of hydrogen-bond donors (Lipinski definition) is 0. The summed E-state index contributed by atoms with van der Waals surface area (Å²) in [7, 11) is 0. The molecule has 0 saturated carbocycles. The van der Waals surface area contributed by atoms with Crippen LogP contribution in [0.2, 0.25) is 0 Å². The van der Waals surface area contributed by atoms with Gasteiger partial charge >= 0.3 is 0 Å². The van der Waals surface area contributed by atoms with Crippen molar-refractivity contribution in [2.45, 2.75) is 0 Å². The van der Waals surface area contributed by atoms with Gasteiger partial charge in [0.15, 0.2) is 0 Å². The van der Waals surface area contributed by atoms with Gasteiger partial charge in [0.25, 0.3) is 0 Å². The van der Waals surface area contributed by atoms with Crippen LogP contribution in [0.5, 0.6) is 0 Å². The summed E-state index contributed by atoms with van der Waals surface area (Å²) >= 11 is 0. The Bertz CT molecular complexity index is 9000. The van der Waals surface area contributed by atoms with E-state index in [-0.39, 0.29) is 0 Å². The van der Waals surface area contributed by atoms with Gasteiger partial charge < -0.3 is 0 Å². The maximum absolute atomic E-state index is 2.45. The minimum Gasteiger partial charge on any atom is -0.0622 e. The predicted octanol–water partition coefficient (Wildman–Crippen LogP) is 35.7. The molecule has 582 valence electrons. The fraction of sp³-hybridized carbons (Fsp3) is 0. The van der Waals surface area contributed by atoms with Crippen molar-refractivity contribution in [2.24, 2.45) is 0 Å². The van der Waals surface area contributed by atoms with E-state index in [1.165, 1.54) is 262 Å². The molecule has 0 unspecified atom stereocenters. The van der Waals surface area contributed by atoms with Crippen LogP contribution in [0.3, 0.4) is 0 Å². The van der Waals surface area contributed by atoms with Crippen molar-refractivity contribution in [1.82, 2.24) is 0 Å². The first kappa shape index (κ1) is 72.4. The summed E-state index contributed by atoms with van der Waals surface area (Å²) in [6.45, 7) is 0. The van der Waals surface area contributed by atoms with Crippen LogP contribution in [-0.4, -0.2) is 0 Å². The highest BCUT2D eigenvalue weighted by Crippen LogP contribution is 2.51. The minimum absolute atomic E-state index is 1.20. The number of benzene rings is 26. The molecule has 0 heteroatoms. The molecular formula is C126H78. The van der Waals surface area contributed by atoms with Gasteiger partial charge in [-0.05, 0) is 310 Å². The first-order valence-corrected chi connectivity index (χ1v) is 43.8. The normalized spacial score (nSPS) is 11.8. The molecule has 0 aliphatic rings. The second-order valence-electron chi connectivity index (χ2n) is 33.9. The lowest BCUT2D eigenvalue weighted by molar-refractivity contribution is 1.62. The largest absolute Gasteiger partial charge is 0.0622 e. The van der Waals surface area contributed by atoms with Crippen LogP contribution in [0.1, 0.15) is 0 Å². The molecule has 0 amide bonds. The van der Waals surface area contributed by atoms with Crippen LogP contribution in [0.15, 0.2) is 473 Å². The summed E-state index contributed by atoms with van der Waals surface area (Å²) in [4.78, 5) is 0. The van der Waals surface area contributed by atoms with Crippen molar-refractivity contribution < 1.29 is 0 Å². The lowest BCUT2D eigenvalue weighted by atomic mass is 9.84. The first-order chi connectivity index (χ1) is 62.5. The molecule has 126 heavy (non-hydrogen) atoms. The molecule has 0 aliphatic carbocycles. The Morgan fingerprint density at radius 1 is 0.0873 bits per heavy atom. The molecule has 0 spiro atoms. The fourth-order valence-electron chi connectivity index (χ4n) is 21.1. The van der Waals surface area contributed by atoms with E-state index < -0.39 is 0 Å². The van der Waals surface area contributed by atoms with Gasteiger partial charge in [-0.2, -0.15) is 0 Å². The van der Waals surface area contributed by atoms with Crippen molar-refractivity contribution in [2.75, 3.05) is 0 Å². The van der Waals surface area contributed by atoms with Crippen LogP contribution in [-0.2, 0) is 0 Å². The third-order valence-electron chi connectivity index (χ3n) is 27.0. The zero-order chi connectivity index (χ0) is 82.9. The lowest BCUT2D eigenvalue weighted by Crippen LogP contribution is -1.92. The summed E-state index contributed by atoms with van der Waals surface area (Å²) in [6.07, 6.45) is 0. The second kappa shape index (κ2) is 29.8. The van der Waals surface area contributed by atoms with Gasteiger partial charge in [-0.15, -0.1) is 0 Å². The fourth-order valence-corrected chi connectivity index (χ4v) is 21.1. The monoisotopic (exact) mass is 1590 g/mol.